The van der Waals surface area contributed by atoms with Crippen molar-refractivity contribution in [2.45, 2.75) is 26.3 Å². The molecule has 0 radical (unpaired) electrons. The van der Waals surface area contributed by atoms with E-state index in [4.69, 9.17) is 14.2 Å². The molecule has 1 aliphatic rings. The zero-order valence-electron chi connectivity index (χ0n) is 19.4. The average Bonchev–Trinajstić information content (AvgIpc) is 2.80. The molecule has 33 heavy (non-hydrogen) atoms. The number of aryl methyl sites for hydroxylation is 2. The molecular formula is C27H28FNO4. The molecule has 6 heteroatoms. The van der Waals surface area contributed by atoms with Crippen molar-refractivity contribution in [2.75, 3.05) is 27.4 Å². The van der Waals surface area contributed by atoms with E-state index in [-0.39, 0.29) is 18.6 Å². The second-order valence-electron chi connectivity index (χ2n) is 8.32. The molecule has 1 unspecified atom stereocenters. The number of benzene rings is 3. The third kappa shape index (κ3) is 4.80. The first-order valence-corrected chi connectivity index (χ1v) is 10.9. The molecule has 4 rings (SSSR count). The first kappa shape index (κ1) is 22.6. The van der Waals surface area contributed by atoms with Gasteiger partial charge in [-0.1, -0.05) is 12.1 Å². The summed E-state index contributed by atoms with van der Waals surface area (Å²) in [5.41, 5.74) is 4.54. The SMILES string of the molecule is COc1cc2c(cc1OC)C(COc1cc(C)cc(C)c1)N(C(=O)c1cccc(F)c1)CC2. The van der Waals surface area contributed by atoms with Gasteiger partial charge in [0.2, 0.25) is 0 Å². The van der Waals surface area contributed by atoms with Crippen LogP contribution in [0.2, 0.25) is 0 Å². The van der Waals surface area contributed by atoms with Crippen LogP contribution >= 0.6 is 0 Å². The minimum absolute atomic E-state index is 0.232. The topological polar surface area (TPSA) is 48.0 Å². The number of methoxy groups -OCH3 is 2. The minimum Gasteiger partial charge on any atom is -0.493 e. The summed E-state index contributed by atoms with van der Waals surface area (Å²) in [7, 11) is 3.19. The second kappa shape index (κ2) is 9.53. The Morgan fingerprint density at radius 3 is 2.36 bits per heavy atom. The van der Waals surface area contributed by atoms with Gasteiger partial charge >= 0.3 is 0 Å². The molecule has 1 aliphatic heterocycles. The number of carbonyl (C=O) groups excluding carboxylic acids is 1. The maximum Gasteiger partial charge on any atom is 0.254 e. The number of amides is 1. The van der Waals surface area contributed by atoms with Crippen LogP contribution in [0.25, 0.3) is 0 Å². The zero-order chi connectivity index (χ0) is 23.5. The highest BCUT2D eigenvalue weighted by atomic mass is 19.1. The van der Waals surface area contributed by atoms with Crippen LogP contribution in [0, 0.1) is 19.7 Å². The zero-order valence-corrected chi connectivity index (χ0v) is 19.4. The molecule has 0 saturated heterocycles. The fraction of sp³-hybridized carbons (Fsp3) is 0.296. The Labute approximate surface area is 193 Å². The van der Waals surface area contributed by atoms with Crippen LogP contribution in [0.5, 0.6) is 17.2 Å². The van der Waals surface area contributed by atoms with Crippen molar-refractivity contribution in [1.29, 1.82) is 0 Å². The predicted molar refractivity (Wildman–Crippen MR) is 125 cm³/mol. The quantitative estimate of drug-likeness (QED) is 0.514. The van der Waals surface area contributed by atoms with Gasteiger partial charge in [-0.05, 0) is 85.0 Å². The van der Waals surface area contributed by atoms with Crippen molar-refractivity contribution in [3.8, 4) is 17.2 Å². The molecule has 0 aliphatic carbocycles. The molecule has 172 valence electrons. The van der Waals surface area contributed by atoms with Gasteiger partial charge in [-0.3, -0.25) is 4.79 Å². The summed E-state index contributed by atoms with van der Waals surface area (Å²) in [4.78, 5) is 15.2. The number of hydrogen-bond donors (Lipinski definition) is 0. The number of ether oxygens (including phenoxy) is 3. The Kier molecular flexibility index (Phi) is 6.54. The number of carbonyl (C=O) groups is 1. The van der Waals surface area contributed by atoms with Crippen molar-refractivity contribution in [3.05, 3.63) is 88.2 Å². The van der Waals surface area contributed by atoms with Crippen LogP contribution in [0.1, 0.15) is 38.7 Å². The largest absolute Gasteiger partial charge is 0.493 e. The summed E-state index contributed by atoms with van der Waals surface area (Å²) in [5.74, 6) is 1.32. The lowest BCUT2D eigenvalue weighted by Gasteiger charge is -2.37. The maximum absolute atomic E-state index is 13.8. The number of rotatable bonds is 6. The van der Waals surface area contributed by atoms with Crippen LogP contribution in [0.4, 0.5) is 4.39 Å². The molecule has 1 atom stereocenters. The second-order valence-corrected chi connectivity index (χ2v) is 8.32. The average molecular weight is 450 g/mol. The normalized spacial score (nSPS) is 15.1. The molecule has 0 saturated carbocycles. The van der Waals surface area contributed by atoms with Gasteiger partial charge < -0.3 is 19.1 Å². The van der Waals surface area contributed by atoms with Gasteiger partial charge in [-0.25, -0.2) is 4.39 Å². The van der Waals surface area contributed by atoms with Crippen molar-refractivity contribution < 1.29 is 23.4 Å². The van der Waals surface area contributed by atoms with Crippen molar-refractivity contribution >= 4 is 5.91 Å². The lowest BCUT2D eigenvalue weighted by Crippen LogP contribution is -2.42. The number of nitrogens with zero attached hydrogens (tertiary/aromatic N) is 1. The summed E-state index contributed by atoms with van der Waals surface area (Å²) in [5, 5.41) is 0. The fourth-order valence-corrected chi connectivity index (χ4v) is 4.43. The lowest BCUT2D eigenvalue weighted by atomic mass is 9.91. The molecule has 0 bridgehead atoms. The smallest absolute Gasteiger partial charge is 0.254 e. The predicted octanol–water partition coefficient (Wildman–Crippen LogP) is 5.28. The van der Waals surface area contributed by atoms with Crippen molar-refractivity contribution in [1.82, 2.24) is 4.90 Å². The number of halogens is 1. The molecular weight excluding hydrogens is 421 g/mol. The monoisotopic (exact) mass is 449 g/mol. The molecule has 3 aromatic rings. The van der Waals surface area contributed by atoms with Crippen LogP contribution in [0.15, 0.2) is 54.6 Å². The van der Waals surface area contributed by atoms with E-state index >= 15 is 0 Å². The molecule has 1 amide bonds. The molecule has 0 spiro atoms. The van der Waals surface area contributed by atoms with Gasteiger partial charge in [0.1, 0.15) is 18.2 Å². The number of fused-ring (bicyclic) bond motifs is 1. The fourth-order valence-electron chi connectivity index (χ4n) is 4.43. The summed E-state index contributed by atoms with van der Waals surface area (Å²) in [6.07, 6.45) is 0.650. The number of hydrogen-bond acceptors (Lipinski definition) is 4. The molecule has 0 N–H and O–H groups in total. The molecule has 0 fully saturated rings. The summed E-state index contributed by atoms with van der Waals surface area (Å²) < 4.78 is 31.0. The van der Waals surface area contributed by atoms with Gasteiger partial charge in [-0.2, -0.15) is 0 Å². The van der Waals surface area contributed by atoms with Crippen LogP contribution in [0.3, 0.4) is 0 Å². The van der Waals surface area contributed by atoms with Crippen LogP contribution < -0.4 is 14.2 Å². The Morgan fingerprint density at radius 2 is 1.70 bits per heavy atom. The molecule has 1 heterocycles. The van der Waals surface area contributed by atoms with Gasteiger partial charge in [0, 0.05) is 12.1 Å². The molecule has 5 nitrogen and oxygen atoms in total. The van der Waals surface area contributed by atoms with Crippen LogP contribution in [-0.4, -0.2) is 38.2 Å². The van der Waals surface area contributed by atoms with E-state index in [2.05, 4.69) is 6.07 Å². The third-order valence-electron chi connectivity index (χ3n) is 5.94. The van der Waals surface area contributed by atoms with E-state index in [1.54, 1.807) is 31.3 Å². The highest BCUT2D eigenvalue weighted by molar-refractivity contribution is 5.94. The maximum atomic E-state index is 13.8. The summed E-state index contributed by atoms with van der Waals surface area (Å²) in [6, 6.07) is 15.3. The summed E-state index contributed by atoms with van der Waals surface area (Å²) >= 11 is 0. The summed E-state index contributed by atoms with van der Waals surface area (Å²) in [6.45, 7) is 4.78. The van der Waals surface area contributed by atoms with Crippen LogP contribution in [-0.2, 0) is 6.42 Å². The molecule has 0 aromatic heterocycles. The lowest BCUT2D eigenvalue weighted by molar-refractivity contribution is 0.0588. The highest BCUT2D eigenvalue weighted by Gasteiger charge is 2.33. The van der Waals surface area contributed by atoms with Gasteiger partial charge in [0.25, 0.3) is 5.91 Å². The van der Waals surface area contributed by atoms with E-state index < -0.39 is 5.82 Å². The van der Waals surface area contributed by atoms with E-state index in [1.165, 1.54) is 12.1 Å². The third-order valence-corrected chi connectivity index (χ3v) is 5.94. The van der Waals surface area contributed by atoms with E-state index in [9.17, 15) is 9.18 Å². The highest BCUT2D eigenvalue weighted by Crippen LogP contribution is 2.39. The van der Waals surface area contributed by atoms with E-state index in [1.807, 2.05) is 38.1 Å². The Morgan fingerprint density at radius 1 is 1.00 bits per heavy atom. The first-order valence-electron chi connectivity index (χ1n) is 10.9. The van der Waals surface area contributed by atoms with Crippen molar-refractivity contribution in [2.24, 2.45) is 0 Å². The van der Waals surface area contributed by atoms with Crippen molar-refractivity contribution in [3.63, 3.8) is 0 Å². The standard InChI is InChI=1S/C27H28FNO4/c1-17-10-18(2)12-22(11-17)33-16-24-23-15-26(32-4)25(31-3)14-19(23)8-9-29(24)27(30)20-6-5-7-21(28)13-20/h5-7,10-15,24H,8-9,16H2,1-4H3. The van der Waals surface area contributed by atoms with E-state index in [0.717, 1.165) is 28.0 Å². The van der Waals surface area contributed by atoms with Gasteiger partial charge in [0.05, 0.1) is 20.3 Å². The Balaban J connectivity index is 1.72. The molecule has 3 aromatic carbocycles. The Hall–Kier alpha value is -3.54. The minimum atomic E-state index is -0.437. The van der Waals surface area contributed by atoms with E-state index in [0.29, 0.717) is 30.0 Å². The Bertz CT molecular complexity index is 1160. The van der Waals surface area contributed by atoms with Gasteiger partial charge in [-0.15, -0.1) is 0 Å². The van der Waals surface area contributed by atoms with Gasteiger partial charge in [0.15, 0.2) is 11.5 Å². The first-order chi connectivity index (χ1) is 15.9.